The van der Waals surface area contributed by atoms with Gasteiger partial charge in [0.25, 0.3) is 0 Å². The van der Waals surface area contributed by atoms with E-state index >= 15 is 0 Å². The van der Waals surface area contributed by atoms with Crippen LogP contribution in [-0.4, -0.2) is 62.4 Å². The Bertz CT molecular complexity index is 234. The van der Waals surface area contributed by atoms with Gasteiger partial charge in [-0.25, -0.2) is 0 Å². The van der Waals surface area contributed by atoms with E-state index in [-0.39, 0.29) is 24.7 Å². The topological polar surface area (TPSA) is 50.8 Å². The van der Waals surface area contributed by atoms with E-state index in [0.29, 0.717) is 6.54 Å². The van der Waals surface area contributed by atoms with Gasteiger partial charge in [0.2, 0.25) is 5.91 Å². The summed E-state index contributed by atoms with van der Waals surface area (Å²) in [6.45, 7) is 10.3. The summed E-state index contributed by atoms with van der Waals surface area (Å²) in [7, 11) is 0. The number of likely N-dealkylation sites (N-methyl/N-ethyl adjacent to an activating group) is 1. The largest absolute Gasteiger partial charge is 0.374 e. The summed E-state index contributed by atoms with van der Waals surface area (Å²) in [4.78, 5) is 13.8. The molecule has 0 aliphatic carbocycles. The average molecular weight is 244 g/mol. The van der Waals surface area contributed by atoms with Crippen molar-refractivity contribution < 1.29 is 14.3 Å². The van der Waals surface area contributed by atoms with Crippen LogP contribution in [0.4, 0.5) is 0 Å². The lowest BCUT2D eigenvalue weighted by Crippen LogP contribution is -2.47. The Morgan fingerprint density at radius 3 is 3.00 bits per heavy atom. The molecule has 0 saturated carbocycles. The van der Waals surface area contributed by atoms with Crippen LogP contribution in [0.1, 0.15) is 20.8 Å². The first-order valence-corrected chi connectivity index (χ1v) is 6.34. The molecule has 0 aromatic rings. The number of ether oxygens (including phenoxy) is 2. The minimum atomic E-state index is -0.0732. The van der Waals surface area contributed by atoms with Crippen LogP contribution < -0.4 is 5.32 Å². The summed E-state index contributed by atoms with van der Waals surface area (Å²) in [5, 5.41) is 2.84. The van der Waals surface area contributed by atoms with Crippen LogP contribution in [0.5, 0.6) is 0 Å². The number of carbonyl (C=O) groups excluding carboxylic acids is 1. The second-order valence-electron chi connectivity index (χ2n) is 4.55. The first-order chi connectivity index (χ1) is 8.11. The Balaban J connectivity index is 2.14. The molecular formula is C12H24N2O3. The van der Waals surface area contributed by atoms with Crippen molar-refractivity contribution in [2.75, 3.05) is 39.4 Å². The Morgan fingerprint density at radius 2 is 2.35 bits per heavy atom. The highest BCUT2D eigenvalue weighted by molar-refractivity contribution is 5.77. The highest BCUT2D eigenvalue weighted by Gasteiger charge is 2.19. The Kier molecular flexibility index (Phi) is 6.47. The number of nitrogens with zero attached hydrogens (tertiary/aromatic N) is 1. The predicted molar refractivity (Wildman–Crippen MR) is 66.0 cm³/mol. The maximum atomic E-state index is 11.4. The third-order valence-electron chi connectivity index (χ3n) is 2.74. The first kappa shape index (κ1) is 14.4. The molecule has 5 heteroatoms. The van der Waals surface area contributed by atoms with Crippen LogP contribution in [-0.2, 0) is 14.3 Å². The SMILES string of the molecule is CCN1CCOC(CNC(=O)COC(C)C)C1. The molecule has 0 aromatic carbocycles. The lowest BCUT2D eigenvalue weighted by Gasteiger charge is -2.32. The van der Waals surface area contributed by atoms with Crippen LogP contribution in [0.2, 0.25) is 0 Å². The fourth-order valence-electron chi connectivity index (χ4n) is 1.71. The Morgan fingerprint density at radius 1 is 1.59 bits per heavy atom. The highest BCUT2D eigenvalue weighted by atomic mass is 16.5. The van der Waals surface area contributed by atoms with Crippen molar-refractivity contribution in [3.05, 3.63) is 0 Å². The molecule has 100 valence electrons. The zero-order valence-corrected chi connectivity index (χ0v) is 11.1. The van der Waals surface area contributed by atoms with Gasteiger partial charge in [-0.2, -0.15) is 0 Å². The van der Waals surface area contributed by atoms with Gasteiger partial charge in [-0.15, -0.1) is 0 Å². The van der Waals surface area contributed by atoms with Crippen LogP contribution in [0.25, 0.3) is 0 Å². The molecule has 1 aliphatic heterocycles. The number of hydrogen-bond donors (Lipinski definition) is 1. The van der Waals surface area contributed by atoms with Crippen LogP contribution >= 0.6 is 0 Å². The first-order valence-electron chi connectivity index (χ1n) is 6.34. The van der Waals surface area contributed by atoms with E-state index in [0.717, 1.165) is 26.2 Å². The number of morpholine rings is 1. The van der Waals surface area contributed by atoms with Crippen LogP contribution in [0.15, 0.2) is 0 Å². The molecule has 1 fully saturated rings. The number of carbonyl (C=O) groups is 1. The van der Waals surface area contributed by atoms with E-state index in [1.54, 1.807) is 0 Å². The zero-order valence-electron chi connectivity index (χ0n) is 11.1. The third kappa shape index (κ3) is 6.00. The zero-order chi connectivity index (χ0) is 12.7. The van der Waals surface area contributed by atoms with E-state index in [1.165, 1.54) is 0 Å². The van der Waals surface area contributed by atoms with Crippen molar-refractivity contribution in [1.29, 1.82) is 0 Å². The van der Waals surface area contributed by atoms with Gasteiger partial charge in [0.15, 0.2) is 0 Å². The maximum absolute atomic E-state index is 11.4. The molecule has 0 radical (unpaired) electrons. The molecule has 1 rings (SSSR count). The van der Waals surface area contributed by atoms with Crippen molar-refractivity contribution in [2.24, 2.45) is 0 Å². The lowest BCUT2D eigenvalue weighted by molar-refractivity contribution is -0.128. The summed E-state index contributed by atoms with van der Waals surface area (Å²) in [6, 6.07) is 0. The summed E-state index contributed by atoms with van der Waals surface area (Å²) in [5.74, 6) is -0.0732. The Hall–Kier alpha value is -0.650. The molecule has 1 aliphatic rings. The fourth-order valence-corrected chi connectivity index (χ4v) is 1.71. The standard InChI is InChI=1S/C12H24N2O3/c1-4-14-5-6-16-11(8-14)7-13-12(15)9-17-10(2)3/h10-11H,4-9H2,1-3H3,(H,13,15). The van der Waals surface area contributed by atoms with Crippen LogP contribution in [0.3, 0.4) is 0 Å². The molecule has 0 bridgehead atoms. The van der Waals surface area contributed by atoms with Crippen molar-refractivity contribution in [3.8, 4) is 0 Å². The van der Waals surface area contributed by atoms with Crippen molar-refractivity contribution >= 4 is 5.91 Å². The van der Waals surface area contributed by atoms with Gasteiger partial charge in [-0.3, -0.25) is 9.69 Å². The van der Waals surface area contributed by atoms with E-state index in [9.17, 15) is 4.79 Å². The summed E-state index contributed by atoms with van der Waals surface area (Å²) >= 11 is 0. The molecule has 5 nitrogen and oxygen atoms in total. The summed E-state index contributed by atoms with van der Waals surface area (Å²) < 4.78 is 10.8. The maximum Gasteiger partial charge on any atom is 0.246 e. The van der Waals surface area contributed by atoms with Crippen LogP contribution in [0, 0.1) is 0 Å². The van der Waals surface area contributed by atoms with E-state index < -0.39 is 0 Å². The normalized spacial score (nSPS) is 21.8. The molecule has 1 N–H and O–H groups in total. The third-order valence-corrected chi connectivity index (χ3v) is 2.74. The van der Waals surface area contributed by atoms with Crippen molar-refractivity contribution in [2.45, 2.75) is 33.0 Å². The van der Waals surface area contributed by atoms with E-state index in [2.05, 4.69) is 17.1 Å². The second-order valence-corrected chi connectivity index (χ2v) is 4.55. The smallest absolute Gasteiger partial charge is 0.246 e. The van der Waals surface area contributed by atoms with E-state index in [4.69, 9.17) is 9.47 Å². The highest BCUT2D eigenvalue weighted by Crippen LogP contribution is 2.03. The minimum absolute atomic E-state index is 0.0732. The van der Waals surface area contributed by atoms with Crippen molar-refractivity contribution in [1.82, 2.24) is 10.2 Å². The van der Waals surface area contributed by atoms with Gasteiger partial charge >= 0.3 is 0 Å². The van der Waals surface area contributed by atoms with Gasteiger partial charge in [0.05, 0.1) is 18.8 Å². The number of amides is 1. The molecule has 1 saturated heterocycles. The molecule has 0 aromatic heterocycles. The summed E-state index contributed by atoms with van der Waals surface area (Å²) in [6.07, 6.45) is 0.189. The lowest BCUT2D eigenvalue weighted by atomic mass is 10.2. The van der Waals surface area contributed by atoms with Gasteiger partial charge in [-0.1, -0.05) is 6.92 Å². The molecule has 1 unspecified atom stereocenters. The summed E-state index contributed by atoms with van der Waals surface area (Å²) in [5.41, 5.74) is 0. The van der Waals surface area contributed by atoms with Gasteiger partial charge in [0.1, 0.15) is 6.61 Å². The van der Waals surface area contributed by atoms with E-state index in [1.807, 2.05) is 13.8 Å². The van der Waals surface area contributed by atoms with Gasteiger partial charge in [-0.05, 0) is 20.4 Å². The molecule has 1 heterocycles. The molecule has 1 amide bonds. The van der Waals surface area contributed by atoms with Gasteiger partial charge in [0, 0.05) is 19.6 Å². The molecule has 17 heavy (non-hydrogen) atoms. The quantitative estimate of drug-likeness (QED) is 0.727. The van der Waals surface area contributed by atoms with Gasteiger partial charge < -0.3 is 14.8 Å². The fraction of sp³-hybridized carbons (Fsp3) is 0.917. The number of nitrogens with one attached hydrogen (secondary N) is 1. The monoisotopic (exact) mass is 244 g/mol. The van der Waals surface area contributed by atoms with Crippen molar-refractivity contribution in [3.63, 3.8) is 0 Å². The Labute approximate surface area is 103 Å². The second kappa shape index (κ2) is 7.63. The number of hydrogen-bond acceptors (Lipinski definition) is 4. The molecule has 0 spiro atoms. The molecular weight excluding hydrogens is 220 g/mol. The average Bonchev–Trinajstić information content (AvgIpc) is 2.34. The predicted octanol–water partition coefficient (Wildman–Crippen LogP) is 0.248. The molecule has 1 atom stereocenters. The minimum Gasteiger partial charge on any atom is -0.374 e. The number of rotatable bonds is 6.